The Kier molecular flexibility index (Phi) is 15.7. The van der Waals surface area contributed by atoms with Crippen molar-refractivity contribution in [3.8, 4) is 0 Å². The third kappa shape index (κ3) is 11.2. The average Bonchev–Trinajstić information content (AvgIpc) is 2.93. The number of alkyl carbamates (subject to hydrolysis) is 1. The molecule has 2 rings (SSSR count). The number of nitrogens with one attached hydrogen (secondary N) is 1. The predicted octanol–water partition coefficient (Wildman–Crippen LogP) is 4.19. The fraction of sp³-hybridized carbons (Fsp3) is 0.519. The third-order valence-electron chi connectivity index (χ3n) is 5.62. The van der Waals surface area contributed by atoms with Crippen LogP contribution in [0.5, 0.6) is 0 Å². The second-order valence-electron chi connectivity index (χ2n) is 8.43. The van der Waals surface area contributed by atoms with E-state index in [-0.39, 0.29) is 44.5 Å². The normalized spacial score (nSPS) is 16.5. The summed E-state index contributed by atoms with van der Waals surface area (Å²) in [5.74, 6) is -1.96. The van der Waals surface area contributed by atoms with E-state index in [4.69, 9.17) is 35.3 Å². The number of carbonyl (C=O) groups excluding carboxylic acids is 4. The summed E-state index contributed by atoms with van der Waals surface area (Å²) in [6, 6.07) is 6.95. The van der Waals surface area contributed by atoms with Gasteiger partial charge >= 0.3 is 24.0 Å². The van der Waals surface area contributed by atoms with Crippen LogP contribution in [0.2, 0.25) is 5.02 Å². The van der Waals surface area contributed by atoms with Crippen molar-refractivity contribution in [1.29, 1.82) is 0 Å². The molecule has 1 aromatic rings. The van der Waals surface area contributed by atoms with Crippen molar-refractivity contribution >= 4 is 62.9 Å². The molecule has 1 aliphatic rings. The smallest absolute Gasteiger partial charge is 0.407 e. The molecule has 0 saturated heterocycles. The molecule has 1 aromatic carbocycles. The Labute approximate surface area is 252 Å². The average molecular weight is 631 g/mol. The van der Waals surface area contributed by atoms with Crippen molar-refractivity contribution < 1.29 is 42.9 Å². The van der Waals surface area contributed by atoms with Gasteiger partial charge in [0.1, 0.15) is 19.1 Å². The maximum Gasteiger partial charge on any atom is 0.407 e. The molecule has 0 bridgehead atoms. The minimum absolute atomic E-state index is 0.0712. The van der Waals surface area contributed by atoms with Crippen LogP contribution in [0.4, 0.5) is 4.79 Å². The van der Waals surface area contributed by atoms with E-state index in [0.29, 0.717) is 40.1 Å². The van der Waals surface area contributed by atoms with Gasteiger partial charge in [0.05, 0.1) is 38.2 Å². The molecule has 1 N–H and O–H groups in total. The molecule has 2 unspecified atom stereocenters. The first-order valence-electron chi connectivity index (χ1n) is 12.8. The first kappa shape index (κ1) is 34.5. The quantitative estimate of drug-likeness (QED) is 0.122. The summed E-state index contributed by atoms with van der Waals surface area (Å²) in [4.78, 5) is 53.1. The number of esters is 3. The van der Waals surface area contributed by atoms with E-state index in [1.807, 2.05) is 0 Å². The van der Waals surface area contributed by atoms with Gasteiger partial charge in [-0.25, -0.2) is 9.59 Å². The highest BCUT2D eigenvalue weighted by Crippen LogP contribution is 2.42. The third-order valence-corrected chi connectivity index (χ3v) is 8.29. The fourth-order valence-electron chi connectivity index (χ4n) is 3.94. The van der Waals surface area contributed by atoms with Crippen LogP contribution in [0.15, 0.2) is 40.5 Å². The second kappa shape index (κ2) is 18.6. The van der Waals surface area contributed by atoms with Gasteiger partial charge in [-0.15, -0.1) is 0 Å². The molecule has 0 aliphatic carbocycles. The van der Waals surface area contributed by atoms with E-state index in [9.17, 15) is 19.2 Å². The minimum Gasteiger partial charge on any atom is -0.468 e. The zero-order valence-corrected chi connectivity index (χ0v) is 25.8. The summed E-state index contributed by atoms with van der Waals surface area (Å²) in [5, 5.41) is 2.98. The zero-order chi connectivity index (χ0) is 30.2. The van der Waals surface area contributed by atoms with Crippen LogP contribution >= 0.6 is 33.2 Å². The van der Waals surface area contributed by atoms with Gasteiger partial charge in [-0.1, -0.05) is 51.4 Å². The Balaban J connectivity index is 1.98. The van der Waals surface area contributed by atoms with Crippen LogP contribution in [-0.2, 0) is 38.1 Å². The van der Waals surface area contributed by atoms with Crippen molar-refractivity contribution in [3.05, 3.63) is 46.1 Å². The molecule has 41 heavy (non-hydrogen) atoms. The second-order valence-corrected chi connectivity index (χ2v) is 11.5. The number of carbonyl (C=O) groups is 4. The van der Waals surface area contributed by atoms with E-state index >= 15 is 0 Å². The Bertz CT molecular complexity index is 1130. The van der Waals surface area contributed by atoms with E-state index < -0.39 is 29.9 Å². The molecule has 1 amide bonds. The molecular weight excluding hydrogens is 596 g/mol. The van der Waals surface area contributed by atoms with Crippen molar-refractivity contribution in [1.82, 2.24) is 5.32 Å². The molecule has 11 nitrogen and oxygen atoms in total. The summed E-state index contributed by atoms with van der Waals surface area (Å²) in [5.41, 5.74) is 1.47. The minimum atomic E-state index is -0.884. The van der Waals surface area contributed by atoms with E-state index in [1.165, 1.54) is 35.6 Å². The molecule has 1 heterocycles. The van der Waals surface area contributed by atoms with Crippen LogP contribution < -0.4 is 5.32 Å². The van der Waals surface area contributed by atoms with Crippen LogP contribution in [-0.4, -0.2) is 87.9 Å². The summed E-state index contributed by atoms with van der Waals surface area (Å²) in [7, 11) is 4.30. The number of nitrogens with zero attached hydrogens (tertiary/aromatic N) is 1. The first-order chi connectivity index (χ1) is 19.7. The largest absolute Gasteiger partial charge is 0.468 e. The van der Waals surface area contributed by atoms with Crippen LogP contribution in [0.25, 0.3) is 0 Å². The predicted molar refractivity (Wildman–Crippen MR) is 158 cm³/mol. The van der Waals surface area contributed by atoms with Gasteiger partial charge < -0.3 is 29.0 Å². The number of benzene rings is 1. The van der Waals surface area contributed by atoms with Crippen molar-refractivity contribution in [3.63, 3.8) is 0 Å². The molecule has 0 radical (unpaired) electrons. The number of rotatable bonds is 16. The van der Waals surface area contributed by atoms with Crippen LogP contribution in [0, 0.1) is 5.92 Å². The lowest BCUT2D eigenvalue weighted by Gasteiger charge is -2.32. The molecular formula is C27H35ClN2O9S2. The van der Waals surface area contributed by atoms with Crippen molar-refractivity contribution in [2.45, 2.75) is 26.7 Å². The van der Waals surface area contributed by atoms with Crippen LogP contribution in [0.1, 0.15) is 32.3 Å². The number of aliphatic imine (C=N–C) groups is 1. The molecule has 2 atom stereocenters. The van der Waals surface area contributed by atoms with Crippen molar-refractivity contribution in [2.75, 3.05) is 58.2 Å². The number of amides is 1. The summed E-state index contributed by atoms with van der Waals surface area (Å²) in [6.07, 6.45) is -0.586. The van der Waals surface area contributed by atoms with Gasteiger partial charge in [-0.3, -0.25) is 14.6 Å². The molecule has 0 aromatic heterocycles. The molecule has 14 heteroatoms. The molecule has 0 spiro atoms. The van der Waals surface area contributed by atoms with Crippen LogP contribution in [0.3, 0.4) is 0 Å². The van der Waals surface area contributed by atoms with Gasteiger partial charge in [0, 0.05) is 41.6 Å². The van der Waals surface area contributed by atoms with Gasteiger partial charge in [0.25, 0.3) is 0 Å². The van der Waals surface area contributed by atoms with Crippen molar-refractivity contribution in [2.24, 2.45) is 10.9 Å². The van der Waals surface area contributed by atoms with E-state index in [1.54, 1.807) is 38.1 Å². The Morgan fingerprint density at radius 2 is 1.71 bits per heavy atom. The number of ether oxygens (including phenoxy) is 5. The first-order valence-corrected chi connectivity index (χ1v) is 15.7. The zero-order valence-electron chi connectivity index (χ0n) is 23.4. The maximum absolute atomic E-state index is 13.2. The highest BCUT2D eigenvalue weighted by atomic mass is 35.5. The molecule has 226 valence electrons. The summed E-state index contributed by atoms with van der Waals surface area (Å²) < 4.78 is 26.0. The SMILES string of the molecule is CCOC(=O)C1=C(COCCNC(=O)OCCSSCCOC(C)=O)N=C(C)C(C(=O)OC)C1c1ccccc1Cl. The number of hydrogen-bond acceptors (Lipinski definition) is 12. The van der Waals surface area contributed by atoms with Gasteiger partial charge in [-0.2, -0.15) is 0 Å². The lowest BCUT2D eigenvalue weighted by Crippen LogP contribution is -2.37. The highest BCUT2D eigenvalue weighted by molar-refractivity contribution is 8.76. The monoisotopic (exact) mass is 630 g/mol. The lowest BCUT2D eigenvalue weighted by atomic mass is 9.75. The Morgan fingerprint density at radius 1 is 1.02 bits per heavy atom. The molecule has 0 fully saturated rings. The lowest BCUT2D eigenvalue weighted by molar-refractivity contribution is -0.144. The van der Waals surface area contributed by atoms with E-state index in [2.05, 4.69) is 10.3 Å². The van der Waals surface area contributed by atoms with E-state index in [0.717, 1.165) is 0 Å². The number of hydrogen-bond donors (Lipinski definition) is 1. The standard InChI is InChI=1S/C27H35ClN2O9S2/c1-5-37-26(33)24-21(16-36-11-10-29-27(34)39-13-15-41-40-14-12-38-18(3)31)30-17(2)22(25(32)35-4)23(24)19-8-6-7-9-20(19)28/h6-9,22-23H,5,10-16H2,1-4H3,(H,29,34). The van der Waals surface area contributed by atoms with Gasteiger partial charge in [0.15, 0.2) is 0 Å². The highest BCUT2D eigenvalue weighted by Gasteiger charge is 2.43. The Hall–Kier alpha value is -2.74. The van der Waals surface area contributed by atoms with Gasteiger partial charge in [0.2, 0.25) is 0 Å². The summed E-state index contributed by atoms with van der Waals surface area (Å²) in [6.45, 7) is 5.60. The maximum atomic E-state index is 13.2. The molecule has 0 saturated carbocycles. The fourth-order valence-corrected chi connectivity index (χ4v) is 5.85. The number of halogens is 1. The summed E-state index contributed by atoms with van der Waals surface area (Å²) >= 11 is 6.50. The molecule has 1 aliphatic heterocycles. The number of methoxy groups -OCH3 is 1. The topological polar surface area (TPSA) is 139 Å². The van der Waals surface area contributed by atoms with Gasteiger partial charge in [-0.05, 0) is 25.5 Å². The Morgan fingerprint density at radius 3 is 2.34 bits per heavy atom.